The quantitative estimate of drug-likeness (QED) is 0.322. The minimum absolute atomic E-state index is 0.0678. The Morgan fingerprint density at radius 1 is 1.30 bits per heavy atom. The lowest BCUT2D eigenvalue weighted by Crippen LogP contribution is -2.23. The van der Waals surface area contributed by atoms with Gasteiger partial charge >= 0.3 is 0 Å². The van der Waals surface area contributed by atoms with Crippen LogP contribution < -0.4 is 21.9 Å². The number of thiophene rings is 1. The third-order valence-corrected chi connectivity index (χ3v) is 5.55. The first-order valence-corrected chi connectivity index (χ1v) is 10.5. The first-order chi connectivity index (χ1) is 15.8. The fourth-order valence-electron chi connectivity index (χ4n) is 2.79. The molecule has 12 heteroatoms. The van der Waals surface area contributed by atoms with Crippen molar-refractivity contribution in [2.24, 2.45) is 10.7 Å². The maximum Gasteiger partial charge on any atom is 0.265 e. The average molecular weight is 491 g/mol. The Labute approximate surface area is 195 Å². The lowest BCUT2D eigenvalue weighted by atomic mass is 10.0. The molecule has 3 aromatic rings. The summed E-state index contributed by atoms with van der Waals surface area (Å²) in [5.74, 6) is -2.31. The lowest BCUT2D eigenvalue weighted by molar-refractivity contribution is 0.0972. The van der Waals surface area contributed by atoms with Gasteiger partial charge in [-0.1, -0.05) is 17.7 Å². The van der Waals surface area contributed by atoms with Crippen LogP contribution in [0.3, 0.4) is 0 Å². The van der Waals surface area contributed by atoms with E-state index in [4.69, 9.17) is 22.7 Å². The number of aliphatic imine (C=N–C) groups is 1. The molecule has 2 heterocycles. The molecule has 0 aliphatic heterocycles. The Kier molecular flexibility index (Phi) is 7.36. The molecule has 6 N–H and O–H groups in total. The monoisotopic (exact) mass is 490 g/mol. The molecular weight excluding hydrogens is 474 g/mol. The van der Waals surface area contributed by atoms with E-state index in [2.05, 4.69) is 20.6 Å². The summed E-state index contributed by atoms with van der Waals surface area (Å²) in [6, 6.07) is 4.66. The van der Waals surface area contributed by atoms with Gasteiger partial charge in [0.1, 0.15) is 17.3 Å². The van der Waals surface area contributed by atoms with Gasteiger partial charge in [-0.3, -0.25) is 20.0 Å². The summed E-state index contributed by atoms with van der Waals surface area (Å²) in [7, 11) is 1.52. The van der Waals surface area contributed by atoms with Gasteiger partial charge in [-0.05, 0) is 18.2 Å². The predicted octanol–water partition coefficient (Wildman–Crippen LogP) is 3.76. The minimum atomic E-state index is -0.905. The number of nitrogens with two attached hydrogens (primary N) is 1. The zero-order valence-electron chi connectivity index (χ0n) is 17.0. The second-order valence-electron chi connectivity index (χ2n) is 6.48. The number of amides is 1. The number of anilines is 2. The number of nitrogens with one attached hydrogen (secondary N) is 4. The second kappa shape index (κ2) is 10.2. The molecule has 0 saturated heterocycles. The van der Waals surface area contributed by atoms with Crippen molar-refractivity contribution in [3.8, 4) is 0 Å². The zero-order valence-corrected chi connectivity index (χ0v) is 18.6. The molecule has 2 aromatic heterocycles. The fraction of sp³-hybridized carbons (Fsp3) is 0.0476. The molecular formula is C21H17ClF2N6O2S. The number of aromatic amines is 1. The summed E-state index contributed by atoms with van der Waals surface area (Å²) >= 11 is 7.20. The molecule has 0 saturated carbocycles. The lowest BCUT2D eigenvalue weighted by Gasteiger charge is -2.14. The summed E-state index contributed by atoms with van der Waals surface area (Å²) in [6.45, 7) is 0. The van der Waals surface area contributed by atoms with Crippen LogP contribution in [-0.4, -0.2) is 29.9 Å². The second-order valence-corrected chi connectivity index (χ2v) is 7.79. The molecule has 0 aliphatic rings. The van der Waals surface area contributed by atoms with Crippen molar-refractivity contribution in [3.05, 3.63) is 90.8 Å². The van der Waals surface area contributed by atoms with Crippen LogP contribution in [0, 0.1) is 17.0 Å². The van der Waals surface area contributed by atoms with Crippen molar-refractivity contribution in [1.29, 1.82) is 5.41 Å². The van der Waals surface area contributed by atoms with Gasteiger partial charge in [0, 0.05) is 36.6 Å². The number of carbonyl (C=O) groups is 1. The summed E-state index contributed by atoms with van der Waals surface area (Å²) in [5, 5.41) is 15.0. The van der Waals surface area contributed by atoms with Crippen molar-refractivity contribution in [2.75, 3.05) is 12.4 Å². The highest BCUT2D eigenvalue weighted by Gasteiger charge is 2.22. The molecule has 33 heavy (non-hydrogen) atoms. The van der Waals surface area contributed by atoms with Crippen molar-refractivity contribution < 1.29 is 13.6 Å². The highest BCUT2D eigenvalue weighted by molar-refractivity contribution is 7.12. The first-order valence-electron chi connectivity index (χ1n) is 9.22. The number of benzene rings is 1. The van der Waals surface area contributed by atoms with Gasteiger partial charge in [0.15, 0.2) is 0 Å². The number of hydrogen-bond donors (Lipinski definition) is 5. The number of carbonyl (C=O) groups excluding carboxylic acids is 1. The van der Waals surface area contributed by atoms with Gasteiger partial charge in [-0.15, -0.1) is 11.3 Å². The third kappa shape index (κ3) is 5.16. The molecule has 0 bridgehead atoms. The average Bonchev–Trinajstić information content (AvgIpc) is 3.28. The number of nitrogens with zero attached hydrogens (tertiary/aromatic N) is 1. The molecule has 0 fully saturated rings. The summed E-state index contributed by atoms with van der Waals surface area (Å²) in [5.41, 5.74) is 3.98. The molecule has 1 amide bonds. The van der Waals surface area contributed by atoms with Crippen molar-refractivity contribution in [1.82, 2.24) is 10.3 Å². The molecule has 0 aliphatic carbocycles. The van der Waals surface area contributed by atoms with Crippen LogP contribution in [0.1, 0.15) is 20.8 Å². The number of pyridine rings is 1. The number of halogens is 3. The van der Waals surface area contributed by atoms with E-state index >= 15 is 0 Å². The standard InChI is InChI=1S/C21H17ClF2N6O2S/c1-27-7-11(6-25)29-20(31)15-5-10(9-33-15)17(26)16-18(12(22)8-28-21(16)32)30-19-13(23)3-2-4-14(19)24/h2-9,26H,25H2,1H3,(H,29,31)(H2,28,30,32). The topological polar surface area (TPSA) is 136 Å². The van der Waals surface area contributed by atoms with Gasteiger partial charge in [0.05, 0.1) is 32.6 Å². The van der Waals surface area contributed by atoms with Gasteiger partial charge in [-0.25, -0.2) is 8.78 Å². The van der Waals surface area contributed by atoms with Crippen LogP contribution in [0.25, 0.3) is 0 Å². The molecule has 3 rings (SSSR count). The van der Waals surface area contributed by atoms with Crippen LogP contribution in [-0.2, 0) is 0 Å². The van der Waals surface area contributed by atoms with Gasteiger partial charge in [-0.2, -0.15) is 0 Å². The highest BCUT2D eigenvalue weighted by atomic mass is 35.5. The highest BCUT2D eigenvalue weighted by Crippen LogP contribution is 2.31. The zero-order chi connectivity index (χ0) is 24.1. The van der Waals surface area contributed by atoms with Crippen LogP contribution in [0.4, 0.5) is 20.2 Å². The van der Waals surface area contributed by atoms with Gasteiger partial charge < -0.3 is 21.4 Å². The fourth-order valence-corrected chi connectivity index (χ4v) is 3.78. The van der Waals surface area contributed by atoms with Crippen molar-refractivity contribution in [3.63, 3.8) is 0 Å². The first kappa shape index (κ1) is 23.8. The number of para-hydroxylation sites is 1. The summed E-state index contributed by atoms with van der Waals surface area (Å²) < 4.78 is 28.3. The van der Waals surface area contributed by atoms with Crippen LogP contribution in [0.15, 0.2) is 57.5 Å². The Bertz CT molecular complexity index is 1330. The maximum absolute atomic E-state index is 14.2. The summed E-state index contributed by atoms with van der Waals surface area (Å²) in [6.07, 6.45) is 3.68. The van der Waals surface area contributed by atoms with E-state index in [0.29, 0.717) is 0 Å². The molecule has 0 radical (unpaired) electrons. The van der Waals surface area contributed by atoms with E-state index in [9.17, 15) is 18.4 Å². The maximum atomic E-state index is 14.2. The Hall–Kier alpha value is -3.83. The molecule has 8 nitrogen and oxygen atoms in total. The number of aromatic nitrogens is 1. The number of hydrogen-bond acceptors (Lipinski definition) is 7. The van der Waals surface area contributed by atoms with Gasteiger partial charge in [0.2, 0.25) is 0 Å². The van der Waals surface area contributed by atoms with Gasteiger partial charge in [0.25, 0.3) is 11.5 Å². The molecule has 0 spiro atoms. The number of allylic oxidation sites excluding steroid dienone is 1. The van der Waals surface area contributed by atoms with Crippen molar-refractivity contribution >= 4 is 52.1 Å². The SMILES string of the molecule is CN=CC(=CN)NC(=O)c1cc(C(=N)c2c(Nc3c(F)cccc3F)c(Cl)c[nH]c2=O)cs1. The van der Waals surface area contributed by atoms with Crippen molar-refractivity contribution in [2.45, 2.75) is 0 Å². The number of H-pyrrole nitrogens is 1. The Balaban J connectivity index is 1.98. The largest absolute Gasteiger partial charge is 0.403 e. The number of rotatable bonds is 7. The predicted molar refractivity (Wildman–Crippen MR) is 126 cm³/mol. The molecule has 0 atom stereocenters. The van der Waals surface area contributed by atoms with E-state index in [1.54, 1.807) is 0 Å². The van der Waals surface area contributed by atoms with E-state index in [1.807, 2.05) is 0 Å². The van der Waals surface area contributed by atoms with Crippen LogP contribution >= 0.6 is 22.9 Å². The van der Waals surface area contributed by atoms with E-state index in [-0.39, 0.29) is 38.1 Å². The smallest absolute Gasteiger partial charge is 0.265 e. The molecule has 170 valence electrons. The van der Waals surface area contributed by atoms with Crippen LogP contribution in [0.2, 0.25) is 5.02 Å². The third-order valence-electron chi connectivity index (χ3n) is 4.33. The van der Waals surface area contributed by atoms with E-state index in [0.717, 1.165) is 29.7 Å². The van der Waals surface area contributed by atoms with Crippen LogP contribution in [0.5, 0.6) is 0 Å². The molecule has 0 unspecified atom stereocenters. The normalized spacial score (nSPS) is 11.6. The molecule has 1 aromatic carbocycles. The van der Waals surface area contributed by atoms with E-state index < -0.39 is 28.8 Å². The van der Waals surface area contributed by atoms with E-state index in [1.165, 1.54) is 37.0 Å². The summed E-state index contributed by atoms with van der Waals surface area (Å²) in [4.78, 5) is 31.4. The Morgan fingerprint density at radius 3 is 2.64 bits per heavy atom. The Morgan fingerprint density at radius 2 is 2.00 bits per heavy atom. The minimum Gasteiger partial charge on any atom is -0.403 e.